The van der Waals surface area contributed by atoms with E-state index < -0.39 is 12.0 Å². The van der Waals surface area contributed by atoms with E-state index in [-0.39, 0.29) is 12.6 Å². The number of hydrogen-bond acceptors (Lipinski definition) is 4. The zero-order chi connectivity index (χ0) is 11.3. The Hall–Kier alpha value is -1.46. The van der Waals surface area contributed by atoms with Gasteiger partial charge in [0.05, 0.1) is 0 Å². The van der Waals surface area contributed by atoms with Gasteiger partial charge in [-0.2, -0.15) is 0 Å². The number of nitrogens with one attached hydrogen (secondary N) is 1. The fourth-order valence-electron chi connectivity index (χ4n) is 1.14. The number of rotatable bonds is 5. The van der Waals surface area contributed by atoms with Gasteiger partial charge < -0.3 is 16.2 Å². The van der Waals surface area contributed by atoms with Gasteiger partial charge >= 0.3 is 5.97 Å². The first kappa shape index (κ1) is 11.6. The Morgan fingerprint density at radius 1 is 1.73 bits per heavy atom. The quantitative estimate of drug-likeness (QED) is 0.642. The van der Waals surface area contributed by atoms with Gasteiger partial charge in [-0.25, -0.2) is 0 Å². The van der Waals surface area contributed by atoms with E-state index in [2.05, 4.69) is 10.3 Å². The highest BCUT2D eigenvalue weighted by molar-refractivity contribution is 5.73. The van der Waals surface area contributed by atoms with Crippen molar-refractivity contribution in [2.45, 2.75) is 19.0 Å². The first-order chi connectivity index (χ1) is 7.11. The van der Waals surface area contributed by atoms with Gasteiger partial charge in [0.2, 0.25) is 0 Å². The summed E-state index contributed by atoms with van der Waals surface area (Å²) in [7, 11) is 0. The summed E-state index contributed by atoms with van der Waals surface area (Å²) in [5, 5.41) is 11.6. The average molecular weight is 209 g/mol. The topological polar surface area (TPSA) is 88.2 Å². The van der Waals surface area contributed by atoms with Crippen molar-refractivity contribution in [3.05, 3.63) is 30.1 Å². The number of aromatic nitrogens is 1. The van der Waals surface area contributed by atoms with E-state index in [1.165, 1.54) is 0 Å². The van der Waals surface area contributed by atoms with Crippen molar-refractivity contribution >= 4 is 5.97 Å². The molecule has 5 nitrogen and oxygen atoms in total. The molecule has 0 aliphatic carbocycles. The normalized spacial score (nSPS) is 14.5. The molecule has 1 aromatic rings. The van der Waals surface area contributed by atoms with Crippen LogP contribution in [-0.4, -0.2) is 28.6 Å². The van der Waals surface area contributed by atoms with Gasteiger partial charge in [0.1, 0.15) is 6.04 Å². The van der Waals surface area contributed by atoms with Crippen LogP contribution >= 0.6 is 0 Å². The summed E-state index contributed by atoms with van der Waals surface area (Å²) in [5.41, 5.74) is 6.37. The monoisotopic (exact) mass is 209 g/mol. The van der Waals surface area contributed by atoms with Crippen molar-refractivity contribution in [2.75, 3.05) is 6.54 Å². The molecule has 0 radical (unpaired) electrons. The summed E-state index contributed by atoms with van der Waals surface area (Å²) in [4.78, 5) is 14.5. The third-order valence-electron chi connectivity index (χ3n) is 2.15. The molecule has 5 heteroatoms. The maximum atomic E-state index is 10.5. The minimum atomic E-state index is -0.999. The Labute approximate surface area is 88.3 Å². The lowest BCUT2D eigenvalue weighted by atomic mass is 10.1. The Morgan fingerprint density at radius 3 is 3.00 bits per heavy atom. The van der Waals surface area contributed by atoms with Crippen LogP contribution in [-0.2, 0) is 4.79 Å². The summed E-state index contributed by atoms with van der Waals surface area (Å²) in [6.07, 6.45) is 3.43. The van der Waals surface area contributed by atoms with Gasteiger partial charge in [0.25, 0.3) is 0 Å². The lowest BCUT2D eigenvalue weighted by Gasteiger charge is -2.15. The smallest absolute Gasteiger partial charge is 0.321 e. The van der Waals surface area contributed by atoms with Crippen molar-refractivity contribution < 1.29 is 9.90 Å². The minimum absolute atomic E-state index is 0.0455. The van der Waals surface area contributed by atoms with Crippen LogP contribution in [0, 0.1) is 0 Å². The molecule has 15 heavy (non-hydrogen) atoms. The summed E-state index contributed by atoms with van der Waals surface area (Å²) < 4.78 is 0. The maximum Gasteiger partial charge on any atom is 0.321 e. The van der Waals surface area contributed by atoms with Gasteiger partial charge in [0.15, 0.2) is 0 Å². The molecule has 2 unspecified atom stereocenters. The number of aliphatic carboxylic acids is 1. The second kappa shape index (κ2) is 5.43. The zero-order valence-corrected chi connectivity index (χ0v) is 8.55. The van der Waals surface area contributed by atoms with Gasteiger partial charge in [-0.15, -0.1) is 0 Å². The van der Waals surface area contributed by atoms with E-state index in [1.54, 1.807) is 12.4 Å². The Morgan fingerprint density at radius 2 is 2.47 bits per heavy atom. The number of carboxylic acid groups (broad SMARTS) is 1. The number of carboxylic acids is 1. The molecule has 1 heterocycles. The van der Waals surface area contributed by atoms with Crippen LogP contribution in [0.4, 0.5) is 0 Å². The lowest BCUT2D eigenvalue weighted by Crippen LogP contribution is -2.41. The standard InChI is InChI=1S/C10H15N3O2/c1-7(8-3-2-4-12-5-8)13-6-9(11)10(14)15/h2-5,7,9,13H,6,11H2,1H3,(H,14,15). The Bertz CT molecular complexity index is 316. The summed E-state index contributed by atoms with van der Waals surface area (Å²) >= 11 is 0. The predicted octanol–water partition coefficient (Wildman–Crippen LogP) is 0.144. The third-order valence-corrected chi connectivity index (χ3v) is 2.15. The molecule has 0 fully saturated rings. The molecule has 2 atom stereocenters. The Kier molecular flexibility index (Phi) is 4.20. The first-order valence-corrected chi connectivity index (χ1v) is 4.73. The molecule has 82 valence electrons. The summed E-state index contributed by atoms with van der Waals surface area (Å²) in [6, 6.07) is 2.94. The number of carbonyl (C=O) groups is 1. The molecule has 0 aliphatic rings. The minimum Gasteiger partial charge on any atom is -0.480 e. The highest BCUT2D eigenvalue weighted by atomic mass is 16.4. The van der Waals surface area contributed by atoms with E-state index in [1.807, 2.05) is 19.1 Å². The number of hydrogen-bond donors (Lipinski definition) is 3. The van der Waals surface area contributed by atoms with Gasteiger partial charge in [0, 0.05) is 25.0 Å². The van der Waals surface area contributed by atoms with E-state index in [9.17, 15) is 4.79 Å². The maximum absolute atomic E-state index is 10.5. The molecule has 0 bridgehead atoms. The van der Waals surface area contributed by atoms with E-state index >= 15 is 0 Å². The highest BCUT2D eigenvalue weighted by Crippen LogP contribution is 2.08. The molecule has 0 amide bonds. The van der Waals surface area contributed by atoms with Crippen molar-refractivity contribution in [1.82, 2.24) is 10.3 Å². The van der Waals surface area contributed by atoms with Crippen LogP contribution in [0.1, 0.15) is 18.5 Å². The first-order valence-electron chi connectivity index (χ1n) is 4.73. The largest absolute Gasteiger partial charge is 0.480 e. The molecule has 1 aromatic heterocycles. The van der Waals surface area contributed by atoms with Crippen LogP contribution in [0.15, 0.2) is 24.5 Å². The molecule has 4 N–H and O–H groups in total. The second-order valence-electron chi connectivity index (χ2n) is 3.36. The molecule has 0 saturated carbocycles. The number of nitrogens with zero attached hydrogens (tertiary/aromatic N) is 1. The molecule has 0 spiro atoms. The van der Waals surface area contributed by atoms with Crippen molar-refractivity contribution in [2.24, 2.45) is 5.73 Å². The molecular formula is C10H15N3O2. The average Bonchev–Trinajstić information content (AvgIpc) is 2.26. The molecule has 0 saturated heterocycles. The number of pyridine rings is 1. The highest BCUT2D eigenvalue weighted by Gasteiger charge is 2.12. The van der Waals surface area contributed by atoms with Gasteiger partial charge in [-0.3, -0.25) is 9.78 Å². The van der Waals surface area contributed by atoms with E-state index in [0.29, 0.717) is 0 Å². The summed E-state index contributed by atoms with van der Waals surface area (Å²) in [5.74, 6) is -0.999. The Balaban J connectivity index is 2.43. The molecule has 0 aromatic carbocycles. The van der Waals surface area contributed by atoms with Gasteiger partial charge in [-0.05, 0) is 18.6 Å². The fraction of sp³-hybridized carbons (Fsp3) is 0.400. The third kappa shape index (κ3) is 3.65. The van der Waals surface area contributed by atoms with Crippen LogP contribution in [0.5, 0.6) is 0 Å². The van der Waals surface area contributed by atoms with E-state index in [4.69, 9.17) is 10.8 Å². The van der Waals surface area contributed by atoms with Crippen molar-refractivity contribution in [3.63, 3.8) is 0 Å². The second-order valence-corrected chi connectivity index (χ2v) is 3.36. The van der Waals surface area contributed by atoms with Crippen LogP contribution in [0.3, 0.4) is 0 Å². The molecule has 1 rings (SSSR count). The number of nitrogens with two attached hydrogens (primary N) is 1. The van der Waals surface area contributed by atoms with Crippen LogP contribution in [0.2, 0.25) is 0 Å². The lowest BCUT2D eigenvalue weighted by molar-refractivity contribution is -0.138. The SMILES string of the molecule is CC(NCC(N)C(=O)O)c1cccnc1. The zero-order valence-electron chi connectivity index (χ0n) is 8.55. The van der Waals surface area contributed by atoms with E-state index in [0.717, 1.165) is 5.56 Å². The van der Waals surface area contributed by atoms with Gasteiger partial charge in [-0.1, -0.05) is 6.07 Å². The summed E-state index contributed by atoms with van der Waals surface area (Å²) in [6.45, 7) is 2.18. The molecular weight excluding hydrogens is 194 g/mol. The van der Waals surface area contributed by atoms with Crippen LogP contribution in [0.25, 0.3) is 0 Å². The predicted molar refractivity (Wildman–Crippen MR) is 56.3 cm³/mol. The molecule has 0 aliphatic heterocycles. The van der Waals surface area contributed by atoms with Crippen molar-refractivity contribution in [1.29, 1.82) is 0 Å². The fourth-order valence-corrected chi connectivity index (χ4v) is 1.14. The van der Waals surface area contributed by atoms with Crippen LogP contribution < -0.4 is 11.1 Å². The van der Waals surface area contributed by atoms with Crippen molar-refractivity contribution in [3.8, 4) is 0 Å².